The first-order valence-electron chi connectivity index (χ1n) is 43.4. The fourth-order valence-electron chi connectivity index (χ4n) is 19.2. The Morgan fingerprint density at radius 3 is 1.29 bits per heavy atom. The summed E-state index contributed by atoms with van der Waals surface area (Å²) in [5.41, 5.74) is -1.57. The van der Waals surface area contributed by atoms with Crippen LogP contribution in [0.5, 0.6) is 0 Å². The van der Waals surface area contributed by atoms with E-state index in [0.717, 1.165) is 22.5 Å². The van der Waals surface area contributed by atoms with Crippen molar-refractivity contribution in [1.29, 1.82) is 0 Å². The van der Waals surface area contributed by atoms with Crippen LogP contribution in [0.2, 0.25) is 18.1 Å². The molecule has 0 aromatic carbocycles. The van der Waals surface area contributed by atoms with Crippen LogP contribution in [0.3, 0.4) is 0 Å². The first-order chi connectivity index (χ1) is 55.8. The molecular weight excluding hydrogens is 1540 g/mol. The number of ether oxygens (including phenoxy) is 8. The number of unbranched alkanes of at least 4 members (excludes halogenated alkanes) is 2. The van der Waals surface area contributed by atoms with Gasteiger partial charge in [0.05, 0.1) is 73.8 Å². The molecule has 662 valence electrons. The molecule has 2 amide bonds. The Kier molecular flexibility index (Phi) is 31.8. The van der Waals surface area contributed by atoms with Crippen LogP contribution < -0.4 is 0 Å². The molecule has 10 heterocycles. The monoisotopic (exact) mass is 1680 g/mol. The van der Waals surface area contributed by atoms with Crippen LogP contribution in [0.15, 0.2) is 74.1 Å². The zero-order valence-electron chi connectivity index (χ0n) is 74.8. The molecule has 4 aromatic heterocycles. The second-order valence-corrected chi connectivity index (χ2v) is 43.0. The third kappa shape index (κ3) is 21.4. The van der Waals surface area contributed by atoms with E-state index in [0.29, 0.717) is 58.0 Å². The standard InChI is InChI=1S/C48H76N4O10Si.C42H62N4O10/c1-15-37-48(27-58-63(13,14)46(8,9)10)41(52(45(57)62-48)22-17-16-21-51-26-36(50-28-51)35-19-18-20-49-25-35)32(5)38(53)30(3)24-47(11,12)42(33(6)40(55)34(7)43(56)60-37)61-44-39(54)29(2)23-31(4)59-44;1-10-32-42(22-47)36(46(40(52)56-42)17-12-11-16-45-21-31(44-23-45)30-14-13-15-43-20-30)27(5)33(48)25(3)19-41(8,9)37(28(6)35(50)29(7)38(51)54-32)55-39-34(49)24(2)18-26(4)53-39/h18-20,25-26,28-34,37,39,41-42,44,54H,15-17,21-24,27H2,1-14H3;13-15,20-21,23-29,32,34,36-37,39,47,49H,10-12,16-19,22H2,1-9H3/t29-,30+,31+,32-,33-,34+,37+,39+,41+,42+,44-,48+;24-,25+,26+,27-,28-,29+,32+,34+,36+,37+,39-,42+/m00/s1. The van der Waals surface area contributed by atoms with E-state index in [1.165, 1.54) is 18.7 Å². The maximum absolute atomic E-state index is 15.1. The molecule has 0 aliphatic carbocycles. The van der Waals surface area contributed by atoms with Gasteiger partial charge in [-0.05, 0) is 157 Å². The lowest BCUT2D eigenvalue weighted by molar-refractivity contribution is -0.284. The minimum absolute atomic E-state index is 0.0962. The average molecular weight is 1680 g/mol. The van der Waals surface area contributed by atoms with Crippen molar-refractivity contribution in [3.05, 3.63) is 74.1 Å². The third-order valence-electron chi connectivity index (χ3n) is 26.9. The number of Topliss-reactive ketones (excluding diaryl/α,β-unsaturated/α-hetero) is 4. The molecule has 119 heavy (non-hydrogen) atoms. The number of aryl methyl sites for hydroxylation is 2. The molecule has 0 radical (unpaired) electrons. The number of amides is 2. The van der Waals surface area contributed by atoms with Gasteiger partial charge in [0.25, 0.3) is 0 Å². The van der Waals surface area contributed by atoms with Crippen molar-refractivity contribution in [3.63, 3.8) is 0 Å². The summed E-state index contributed by atoms with van der Waals surface area (Å²) in [6.45, 7) is 44.3. The van der Waals surface area contributed by atoms with Gasteiger partial charge in [-0.2, -0.15) is 0 Å². The predicted octanol–water partition coefficient (Wildman–Crippen LogP) is 13.5. The number of cyclic esters (lactones) is 2. The number of ketones is 4. The first kappa shape index (κ1) is 95.6. The molecule has 6 saturated heterocycles. The Morgan fingerprint density at radius 2 is 0.916 bits per heavy atom. The number of aliphatic hydroxyl groups is 3. The fourth-order valence-corrected chi connectivity index (χ4v) is 20.2. The quantitative estimate of drug-likeness (QED) is 0.0216. The fraction of sp³-hybridized carbons (Fsp3) is 0.733. The summed E-state index contributed by atoms with van der Waals surface area (Å²) in [6, 6.07) is 5.77. The number of hydrogen-bond acceptors (Lipinski definition) is 24. The maximum atomic E-state index is 15.1. The number of aliphatic hydroxyl groups excluding tert-OH is 3. The molecule has 24 atom stereocenters. The lowest BCUT2D eigenvalue weighted by Crippen LogP contribution is -2.63. The Morgan fingerprint density at radius 1 is 0.538 bits per heavy atom. The second-order valence-electron chi connectivity index (χ2n) is 38.2. The van der Waals surface area contributed by atoms with Crippen LogP contribution in [-0.4, -0.2) is 221 Å². The van der Waals surface area contributed by atoms with Crippen molar-refractivity contribution in [2.45, 2.75) is 326 Å². The van der Waals surface area contributed by atoms with Gasteiger partial charge in [-0.25, -0.2) is 19.6 Å². The molecule has 0 saturated carbocycles. The highest BCUT2D eigenvalue weighted by Crippen LogP contribution is 2.49. The molecule has 6 aliphatic rings. The van der Waals surface area contributed by atoms with Gasteiger partial charge in [0, 0.05) is 110 Å². The molecule has 0 spiro atoms. The van der Waals surface area contributed by atoms with E-state index in [4.69, 9.17) is 42.3 Å². The highest BCUT2D eigenvalue weighted by molar-refractivity contribution is 6.74. The second kappa shape index (κ2) is 39.5. The number of nitrogens with zero attached hydrogens (tertiary/aromatic N) is 8. The highest BCUT2D eigenvalue weighted by Gasteiger charge is 2.66. The van der Waals surface area contributed by atoms with Crippen LogP contribution >= 0.6 is 0 Å². The molecular formula is C90H138N8O20Si. The Balaban J connectivity index is 0.000000273. The van der Waals surface area contributed by atoms with E-state index in [2.05, 4.69) is 53.8 Å². The molecule has 0 bridgehead atoms. The normalized spacial score (nSPS) is 34.7. The van der Waals surface area contributed by atoms with E-state index in [-0.39, 0.29) is 79.6 Å². The van der Waals surface area contributed by atoms with Crippen molar-refractivity contribution in [3.8, 4) is 22.5 Å². The van der Waals surface area contributed by atoms with E-state index in [1.807, 2.05) is 129 Å². The van der Waals surface area contributed by atoms with Gasteiger partial charge in [0.15, 0.2) is 43.7 Å². The van der Waals surface area contributed by atoms with E-state index >= 15 is 4.79 Å². The maximum Gasteiger partial charge on any atom is 0.411 e. The number of imidazole rings is 2. The minimum Gasteiger partial charge on any atom is -0.457 e. The zero-order chi connectivity index (χ0) is 87.9. The predicted molar refractivity (Wildman–Crippen MR) is 448 cm³/mol. The highest BCUT2D eigenvalue weighted by atomic mass is 28.4. The van der Waals surface area contributed by atoms with Crippen molar-refractivity contribution in [2.24, 2.45) is 70.0 Å². The number of fused-ring (bicyclic) bond motifs is 2. The van der Waals surface area contributed by atoms with Gasteiger partial charge < -0.3 is 76.6 Å². The number of esters is 2. The first-order valence-corrected chi connectivity index (χ1v) is 46.3. The van der Waals surface area contributed by atoms with Gasteiger partial charge in [0.1, 0.15) is 47.8 Å². The van der Waals surface area contributed by atoms with Gasteiger partial charge in [-0.3, -0.25) is 38.7 Å². The number of carbonyl (C=O) groups is 8. The summed E-state index contributed by atoms with van der Waals surface area (Å²) in [4.78, 5) is 136. The van der Waals surface area contributed by atoms with Crippen molar-refractivity contribution >= 4 is 55.6 Å². The van der Waals surface area contributed by atoms with Crippen LogP contribution in [0.1, 0.15) is 210 Å². The number of aromatic nitrogens is 6. The summed E-state index contributed by atoms with van der Waals surface area (Å²) in [7, 11) is -2.52. The van der Waals surface area contributed by atoms with Crippen LogP contribution in [0.25, 0.3) is 22.5 Å². The third-order valence-corrected chi connectivity index (χ3v) is 31.4. The van der Waals surface area contributed by atoms with E-state index in [9.17, 15) is 48.9 Å². The average Bonchev–Trinajstić information content (AvgIpc) is 1.68. The zero-order valence-corrected chi connectivity index (χ0v) is 75.8. The van der Waals surface area contributed by atoms with Gasteiger partial charge in [-0.1, -0.05) is 118 Å². The van der Waals surface area contributed by atoms with Crippen LogP contribution in [0, 0.1) is 70.0 Å². The minimum atomic E-state index is -2.52. The summed E-state index contributed by atoms with van der Waals surface area (Å²) in [6.07, 6.45) is 9.66. The Bertz CT molecular complexity index is 4100. The Labute approximate surface area is 705 Å². The van der Waals surface area contributed by atoms with Crippen molar-refractivity contribution in [1.82, 2.24) is 38.9 Å². The molecule has 0 unspecified atom stereocenters. The number of carbonyl (C=O) groups excluding carboxylic acids is 8. The van der Waals surface area contributed by atoms with Gasteiger partial charge in [0.2, 0.25) is 0 Å². The van der Waals surface area contributed by atoms with Crippen LogP contribution in [-0.2, 0) is 84.2 Å². The lowest BCUT2D eigenvalue weighted by atomic mass is 9.69. The topological polar surface area (TPSA) is 348 Å². The summed E-state index contributed by atoms with van der Waals surface area (Å²) in [5.74, 6) is -9.86. The molecule has 6 fully saturated rings. The van der Waals surface area contributed by atoms with E-state index < -0.39 is 181 Å². The summed E-state index contributed by atoms with van der Waals surface area (Å²) >= 11 is 0. The van der Waals surface area contributed by atoms with Crippen LogP contribution in [0.4, 0.5) is 9.59 Å². The largest absolute Gasteiger partial charge is 0.457 e. The molecule has 6 aliphatic heterocycles. The SMILES string of the molecule is CC[C@H]1OC(=O)[C@H](C)C(=O)[C@H](C)[C@@H](O[C@@H]2O[C@H](C)C[C@H](C)[C@H]2O)C(C)(C)C[C@@H](C)C(=O)[C@H](C)[C@H]2N(CCCCn3cnc(-c4cccnc4)c3)C(=O)O[C@]12CO.CC[C@H]1OC(=O)[C@H](C)C(=O)[C@H](C)[C@@H](O[C@@H]2O[C@H](C)C[C@H](C)[C@H]2O)C(C)(C)C[C@@H](C)C(=O)[C@H](C)[C@H]2N(CCCCn3cnc(-c4cccnc4)c3)C(=O)O[C@]12CO[Si](C)(C)C(C)(C)C. The van der Waals surface area contributed by atoms with Gasteiger partial charge >= 0.3 is 24.1 Å². The van der Waals surface area contributed by atoms with Crippen molar-refractivity contribution in [2.75, 3.05) is 26.3 Å². The number of hydrogen-bond donors (Lipinski definition) is 3. The molecule has 29 heteroatoms. The number of pyridine rings is 2. The molecule has 10 rings (SSSR count). The summed E-state index contributed by atoms with van der Waals surface area (Å²) < 4.78 is 61.3. The lowest BCUT2D eigenvalue weighted by Gasteiger charge is -2.46. The van der Waals surface area contributed by atoms with Gasteiger partial charge in [-0.15, -0.1) is 0 Å². The van der Waals surface area contributed by atoms with E-state index in [1.54, 1.807) is 70.0 Å². The number of rotatable bonds is 22. The molecule has 4 aromatic rings. The van der Waals surface area contributed by atoms with Crippen molar-refractivity contribution < 1.29 is 96.0 Å². The Hall–Kier alpha value is -7.22. The molecule has 28 nitrogen and oxygen atoms in total. The molecule has 3 N–H and O–H groups in total. The smallest absolute Gasteiger partial charge is 0.411 e. The summed E-state index contributed by atoms with van der Waals surface area (Å²) in [5, 5.41) is 33.2.